The van der Waals surface area contributed by atoms with Crippen LogP contribution >= 0.6 is 0 Å². The Morgan fingerprint density at radius 2 is 1.20 bits per heavy atom. The third-order valence-electron chi connectivity index (χ3n) is 6.99. The molecule has 1 aliphatic rings. The molecule has 5 rings (SSSR count). The average Bonchev–Trinajstić information content (AvgIpc) is 3.26. The third kappa shape index (κ3) is 6.95. The number of anilines is 2. The number of aryl methyl sites for hydroxylation is 1. The molecular weight excluding hydrogens is 502 g/mol. The first-order valence-corrected chi connectivity index (χ1v) is 13.8. The highest BCUT2D eigenvalue weighted by molar-refractivity contribution is 5.76. The van der Waals surface area contributed by atoms with E-state index in [2.05, 4.69) is 133 Å². The van der Waals surface area contributed by atoms with E-state index in [1.54, 1.807) is 14.2 Å². The van der Waals surface area contributed by atoms with Gasteiger partial charge in [0.15, 0.2) is 0 Å². The molecule has 0 unspecified atom stereocenters. The minimum absolute atomic E-state index is 0.797. The first-order chi connectivity index (χ1) is 20.1. The number of hydrogen-bond acceptors (Lipinski definition) is 3. The molecule has 0 saturated heterocycles. The van der Waals surface area contributed by atoms with E-state index in [1.807, 2.05) is 24.3 Å². The fourth-order valence-electron chi connectivity index (χ4n) is 4.77. The van der Waals surface area contributed by atoms with Crippen LogP contribution < -0.4 is 14.4 Å². The summed E-state index contributed by atoms with van der Waals surface area (Å²) in [7, 11) is 3.41. The van der Waals surface area contributed by atoms with E-state index < -0.39 is 0 Å². The van der Waals surface area contributed by atoms with Gasteiger partial charge in [0.05, 0.1) is 14.2 Å². The molecule has 0 bridgehead atoms. The van der Waals surface area contributed by atoms with Crippen LogP contribution in [0.2, 0.25) is 0 Å². The maximum Gasteiger partial charge on any atom is 0.126 e. The molecule has 1 aliphatic carbocycles. The van der Waals surface area contributed by atoms with Gasteiger partial charge in [0.1, 0.15) is 11.5 Å². The summed E-state index contributed by atoms with van der Waals surface area (Å²) in [6, 6.07) is 33.4. The van der Waals surface area contributed by atoms with Crippen molar-refractivity contribution in [3.8, 4) is 11.5 Å². The Balaban J connectivity index is 1.41. The SMILES string of the molecule is COc1cc(/C=C/c2ccc(C)cc2)c(OC)cc1/C=C/C1=CC=C(N(c2ccccc2)c2ccccc2)C=CC1. The zero-order chi connectivity index (χ0) is 28.4. The highest BCUT2D eigenvalue weighted by atomic mass is 16.5. The lowest BCUT2D eigenvalue weighted by molar-refractivity contribution is 0.401. The van der Waals surface area contributed by atoms with E-state index in [0.717, 1.165) is 51.7 Å². The molecule has 0 heterocycles. The standard InChI is InChI=1S/C38H35NO2/c1-29-17-19-31(20-18-29)22-25-33-28-37(40-2)32(27-38(33)41-3)24-21-30-11-10-16-36(26-23-30)39(34-12-6-4-7-13-34)35-14-8-5-9-15-35/h4-10,12-28H,11H2,1-3H3/b24-21+,25-22+. The van der Waals surface area contributed by atoms with Crippen molar-refractivity contribution < 1.29 is 9.47 Å². The summed E-state index contributed by atoms with van der Waals surface area (Å²) in [5.74, 6) is 1.60. The number of allylic oxidation sites excluding steroid dienone is 6. The third-order valence-corrected chi connectivity index (χ3v) is 6.99. The van der Waals surface area contributed by atoms with Gasteiger partial charge in [0.2, 0.25) is 0 Å². The summed E-state index contributed by atoms with van der Waals surface area (Å²) >= 11 is 0. The van der Waals surface area contributed by atoms with Crippen molar-refractivity contribution in [3.63, 3.8) is 0 Å². The Hall–Kier alpha value is -5.02. The summed E-state index contributed by atoms with van der Waals surface area (Å²) in [6.07, 6.45) is 18.0. The van der Waals surface area contributed by atoms with E-state index in [4.69, 9.17) is 9.47 Å². The normalized spacial score (nSPS) is 13.1. The molecule has 0 saturated carbocycles. The zero-order valence-electron chi connectivity index (χ0n) is 23.8. The second kappa shape index (κ2) is 13.4. The largest absolute Gasteiger partial charge is 0.496 e. The second-order valence-corrected chi connectivity index (χ2v) is 9.86. The minimum atomic E-state index is 0.797. The Morgan fingerprint density at radius 3 is 1.76 bits per heavy atom. The summed E-state index contributed by atoms with van der Waals surface area (Å²) in [5.41, 5.74) is 8.85. The van der Waals surface area contributed by atoms with Crippen LogP contribution in [0.3, 0.4) is 0 Å². The van der Waals surface area contributed by atoms with Gasteiger partial charge >= 0.3 is 0 Å². The van der Waals surface area contributed by atoms with Gasteiger partial charge in [-0.15, -0.1) is 0 Å². The lowest BCUT2D eigenvalue weighted by atomic mass is 10.0. The molecule has 4 aromatic carbocycles. The lowest BCUT2D eigenvalue weighted by Gasteiger charge is -2.26. The number of methoxy groups -OCH3 is 2. The van der Waals surface area contributed by atoms with Crippen LogP contribution in [-0.4, -0.2) is 14.2 Å². The van der Waals surface area contributed by atoms with Crippen molar-refractivity contribution >= 4 is 29.6 Å². The van der Waals surface area contributed by atoms with Crippen molar-refractivity contribution in [2.24, 2.45) is 0 Å². The van der Waals surface area contributed by atoms with Gasteiger partial charge in [-0.1, -0.05) is 103 Å². The second-order valence-electron chi connectivity index (χ2n) is 9.86. The Bertz CT molecular complexity index is 1570. The zero-order valence-corrected chi connectivity index (χ0v) is 23.8. The number of nitrogens with zero attached hydrogens (tertiary/aromatic N) is 1. The van der Waals surface area contributed by atoms with Crippen LogP contribution in [0.15, 0.2) is 139 Å². The van der Waals surface area contributed by atoms with Gasteiger partial charge in [0, 0.05) is 28.2 Å². The number of hydrogen-bond donors (Lipinski definition) is 0. The van der Waals surface area contributed by atoms with Crippen molar-refractivity contribution in [1.29, 1.82) is 0 Å². The van der Waals surface area contributed by atoms with Gasteiger partial charge < -0.3 is 14.4 Å². The summed E-state index contributed by atoms with van der Waals surface area (Å²) in [4.78, 5) is 2.27. The smallest absolute Gasteiger partial charge is 0.126 e. The summed E-state index contributed by atoms with van der Waals surface area (Å²) < 4.78 is 11.5. The molecular formula is C38H35NO2. The van der Waals surface area contributed by atoms with Crippen molar-refractivity contribution in [2.75, 3.05) is 19.1 Å². The van der Waals surface area contributed by atoms with Crippen molar-refractivity contribution in [1.82, 2.24) is 0 Å². The van der Waals surface area contributed by atoms with E-state index in [9.17, 15) is 0 Å². The van der Waals surface area contributed by atoms with Gasteiger partial charge in [-0.3, -0.25) is 0 Å². The van der Waals surface area contributed by atoms with E-state index in [-0.39, 0.29) is 0 Å². The van der Waals surface area contributed by atoms with Crippen LogP contribution in [-0.2, 0) is 0 Å². The fraction of sp³-hybridized carbons (Fsp3) is 0.105. The Labute approximate surface area is 243 Å². The molecule has 0 amide bonds. The molecule has 0 atom stereocenters. The highest BCUT2D eigenvalue weighted by Gasteiger charge is 2.13. The van der Waals surface area contributed by atoms with Gasteiger partial charge in [-0.05, 0) is 73.0 Å². The quantitative estimate of drug-likeness (QED) is 0.198. The van der Waals surface area contributed by atoms with Crippen LogP contribution in [0.4, 0.5) is 11.4 Å². The molecule has 0 N–H and O–H groups in total. The van der Waals surface area contributed by atoms with E-state index in [1.165, 1.54) is 11.1 Å². The molecule has 0 spiro atoms. The molecule has 0 aromatic heterocycles. The number of benzene rings is 4. The molecule has 0 aliphatic heterocycles. The lowest BCUT2D eigenvalue weighted by Crippen LogP contribution is -2.14. The molecule has 0 radical (unpaired) electrons. The van der Waals surface area contributed by atoms with Crippen LogP contribution in [0.25, 0.3) is 18.2 Å². The number of ether oxygens (including phenoxy) is 2. The maximum absolute atomic E-state index is 5.77. The van der Waals surface area contributed by atoms with Gasteiger partial charge in [-0.25, -0.2) is 0 Å². The van der Waals surface area contributed by atoms with Gasteiger partial charge in [-0.2, -0.15) is 0 Å². The van der Waals surface area contributed by atoms with Crippen molar-refractivity contribution in [3.05, 3.63) is 161 Å². The highest BCUT2D eigenvalue weighted by Crippen LogP contribution is 2.33. The first-order valence-electron chi connectivity index (χ1n) is 13.8. The summed E-state index contributed by atoms with van der Waals surface area (Å²) in [5, 5.41) is 0. The van der Waals surface area contributed by atoms with Crippen LogP contribution in [0, 0.1) is 6.92 Å². The monoisotopic (exact) mass is 537 g/mol. The van der Waals surface area contributed by atoms with E-state index >= 15 is 0 Å². The fourth-order valence-corrected chi connectivity index (χ4v) is 4.77. The van der Waals surface area contributed by atoms with Crippen molar-refractivity contribution in [2.45, 2.75) is 13.3 Å². The predicted molar refractivity (Wildman–Crippen MR) is 174 cm³/mol. The average molecular weight is 538 g/mol. The molecule has 3 heteroatoms. The van der Waals surface area contributed by atoms with Crippen LogP contribution in [0.1, 0.15) is 28.7 Å². The molecule has 0 fully saturated rings. The maximum atomic E-state index is 5.77. The molecule has 4 aromatic rings. The topological polar surface area (TPSA) is 21.7 Å². The number of para-hydroxylation sites is 2. The molecule has 3 nitrogen and oxygen atoms in total. The van der Waals surface area contributed by atoms with E-state index in [0.29, 0.717) is 0 Å². The molecule has 41 heavy (non-hydrogen) atoms. The Morgan fingerprint density at radius 1 is 0.634 bits per heavy atom. The molecule has 204 valence electrons. The minimum Gasteiger partial charge on any atom is -0.496 e. The Kier molecular flexibility index (Phi) is 8.98. The first kappa shape index (κ1) is 27.5. The number of rotatable bonds is 9. The predicted octanol–water partition coefficient (Wildman–Crippen LogP) is 9.80. The van der Waals surface area contributed by atoms with Crippen LogP contribution in [0.5, 0.6) is 11.5 Å². The summed E-state index contributed by atoms with van der Waals surface area (Å²) in [6.45, 7) is 2.09. The van der Waals surface area contributed by atoms with Gasteiger partial charge in [0.25, 0.3) is 0 Å².